The quantitative estimate of drug-likeness (QED) is 0.757. The van der Waals surface area contributed by atoms with Crippen LogP contribution < -0.4 is 5.32 Å². The Morgan fingerprint density at radius 1 is 0.952 bits per heavy atom. The molecule has 0 saturated carbocycles. The van der Waals surface area contributed by atoms with Gasteiger partial charge in [-0.3, -0.25) is 4.79 Å². The molecule has 3 N–H and O–H groups in total. The van der Waals surface area contributed by atoms with Gasteiger partial charge in [-0.15, -0.1) is 0 Å². The molecule has 108 valence electrons. The van der Waals surface area contributed by atoms with E-state index in [1.54, 1.807) is 12.1 Å². The van der Waals surface area contributed by atoms with E-state index in [0.29, 0.717) is 5.56 Å². The summed E-state index contributed by atoms with van der Waals surface area (Å²) in [7, 11) is 0. The number of carbonyl (C=O) groups excluding carboxylic acids is 1. The van der Waals surface area contributed by atoms with Crippen molar-refractivity contribution in [2.45, 2.75) is 13.8 Å². The lowest BCUT2D eigenvalue weighted by molar-refractivity contribution is 0.0696. The Balaban J connectivity index is 2.25. The van der Waals surface area contributed by atoms with Crippen molar-refractivity contribution in [2.75, 3.05) is 5.32 Å². The van der Waals surface area contributed by atoms with Gasteiger partial charge in [0, 0.05) is 5.56 Å². The zero-order chi connectivity index (χ0) is 15.6. The normalized spacial score (nSPS) is 10.2. The van der Waals surface area contributed by atoms with Gasteiger partial charge in [-0.25, -0.2) is 4.79 Å². The highest BCUT2D eigenvalue weighted by atomic mass is 16.4. The number of carboxylic acids is 1. The number of carbonyl (C=O) groups is 2. The molecule has 21 heavy (non-hydrogen) atoms. The van der Waals surface area contributed by atoms with Crippen molar-refractivity contribution in [2.24, 2.45) is 0 Å². The Hall–Kier alpha value is -2.82. The summed E-state index contributed by atoms with van der Waals surface area (Å²) in [5.74, 6) is -1.79. The molecule has 0 aliphatic carbocycles. The lowest BCUT2D eigenvalue weighted by Crippen LogP contribution is -2.12. The van der Waals surface area contributed by atoms with Crippen LogP contribution in [0.15, 0.2) is 36.4 Å². The first kappa shape index (κ1) is 14.6. The summed E-state index contributed by atoms with van der Waals surface area (Å²) in [4.78, 5) is 22.9. The van der Waals surface area contributed by atoms with Crippen molar-refractivity contribution < 1.29 is 19.8 Å². The summed E-state index contributed by atoms with van der Waals surface area (Å²) >= 11 is 0. The monoisotopic (exact) mass is 285 g/mol. The molecular formula is C16H15NO4. The molecule has 5 nitrogen and oxygen atoms in total. The molecule has 0 radical (unpaired) electrons. The van der Waals surface area contributed by atoms with Crippen LogP contribution in [-0.2, 0) is 0 Å². The second kappa shape index (κ2) is 5.66. The van der Waals surface area contributed by atoms with Crippen molar-refractivity contribution in [1.82, 2.24) is 0 Å². The highest BCUT2D eigenvalue weighted by Gasteiger charge is 2.12. The summed E-state index contributed by atoms with van der Waals surface area (Å²) in [6, 6.07) is 9.21. The summed E-state index contributed by atoms with van der Waals surface area (Å²) in [5.41, 5.74) is 2.53. The van der Waals surface area contributed by atoms with E-state index in [2.05, 4.69) is 5.32 Å². The topological polar surface area (TPSA) is 86.6 Å². The van der Waals surface area contributed by atoms with E-state index < -0.39 is 5.97 Å². The molecule has 0 saturated heterocycles. The Morgan fingerprint density at radius 2 is 1.57 bits per heavy atom. The van der Waals surface area contributed by atoms with Crippen LogP contribution in [0.25, 0.3) is 0 Å². The second-order valence-electron chi connectivity index (χ2n) is 4.87. The fraction of sp³-hybridized carbons (Fsp3) is 0.125. The number of hydrogen-bond acceptors (Lipinski definition) is 3. The third kappa shape index (κ3) is 3.39. The van der Waals surface area contributed by atoms with E-state index in [1.165, 1.54) is 12.1 Å². The molecule has 0 heterocycles. The maximum atomic E-state index is 12.2. The number of aromatic hydroxyl groups is 1. The van der Waals surface area contributed by atoms with Crippen molar-refractivity contribution in [3.8, 4) is 5.75 Å². The molecule has 0 aliphatic heterocycles. The minimum absolute atomic E-state index is 0.0445. The molecule has 2 aromatic carbocycles. The molecule has 0 atom stereocenters. The van der Waals surface area contributed by atoms with Crippen molar-refractivity contribution in [1.29, 1.82) is 0 Å². The molecule has 0 aromatic heterocycles. The van der Waals surface area contributed by atoms with E-state index in [9.17, 15) is 14.7 Å². The summed E-state index contributed by atoms with van der Waals surface area (Å²) in [5, 5.41) is 21.2. The zero-order valence-corrected chi connectivity index (χ0v) is 11.7. The molecule has 0 fully saturated rings. The molecule has 2 rings (SSSR count). The molecule has 1 amide bonds. The molecule has 0 bridgehead atoms. The van der Waals surface area contributed by atoms with E-state index in [-0.39, 0.29) is 22.9 Å². The van der Waals surface area contributed by atoms with Crippen molar-refractivity contribution in [3.05, 3.63) is 58.7 Å². The number of benzene rings is 2. The van der Waals surface area contributed by atoms with Crippen LogP contribution in [0, 0.1) is 13.8 Å². The van der Waals surface area contributed by atoms with Crippen LogP contribution in [0.5, 0.6) is 5.75 Å². The average Bonchev–Trinajstić information content (AvgIpc) is 2.39. The molecule has 0 spiro atoms. The van der Waals surface area contributed by atoms with Crippen LogP contribution >= 0.6 is 0 Å². The first-order valence-electron chi connectivity index (χ1n) is 6.33. The number of aromatic carboxylic acids is 1. The van der Waals surface area contributed by atoms with Crippen molar-refractivity contribution >= 4 is 17.6 Å². The molecule has 2 aromatic rings. The number of nitrogens with one attached hydrogen (secondary N) is 1. The SMILES string of the molecule is Cc1cc(C)cc(C(=O)Nc2ccc(C(=O)O)cc2O)c1. The fourth-order valence-corrected chi connectivity index (χ4v) is 2.07. The average molecular weight is 285 g/mol. The lowest BCUT2D eigenvalue weighted by Gasteiger charge is -2.09. The van der Waals surface area contributed by atoms with Gasteiger partial charge in [0.15, 0.2) is 0 Å². The Bertz CT molecular complexity index is 702. The molecular weight excluding hydrogens is 270 g/mol. The predicted octanol–water partition coefficient (Wildman–Crippen LogP) is 2.96. The Kier molecular flexibility index (Phi) is 3.93. The number of amides is 1. The fourth-order valence-electron chi connectivity index (χ4n) is 2.07. The first-order valence-corrected chi connectivity index (χ1v) is 6.33. The number of anilines is 1. The second-order valence-corrected chi connectivity index (χ2v) is 4.87. The van der Waals surface area contributed by atoms with E-state index in [0.717, 1.165) is 17.2 Å². The van der Waals surface area contributed by atoms with E-state index >= 15 is 0 Å². The maximum absolute atomic E-state index is 12.2. The number of rotatable bonds is 3. The van der Waals surface area contributed by atoms with Gasteiger partial charge in [0.1, 0.15) is 5.75 Å². The van der Waals surface area contributed by atoms with Gasteiger partial charge >= 0.3 is 5.97 Å². The van der Waals surface area contributed by atoms with Crippen LogP contribution in [0.2, 0.25) is 0 Å². The zero-order valence-electron chi connectivity index (χ0n) is 11.7. The minimum Gasteiger partial charge on any atom is -0.506 e. The Labute approximate surface area is 121 Å². The summed E-state index contributed by atoms with van der Waals surface area (Å²) in [6.45, 7) is 3.78. The third-order valence-corrected chi connectivity index (χ3v) is 2.98. The molecule has 0 aliphatic rings. The Morgan fingerprint density at radius 3 is 2.10 bits per heavy atom. The summed E-state index contributed by atoms with van der Waals surface area (Å²) in [6.07, 6.45) is 0. The summed E-state index contributed by atoms with van der Waals surface area (Å²) < 4.78 is 0. The minimum atomic E-state index is -1.14. The smallest absolute Gasteiger partial charge is 0.335 e. The van der Waals surface area contributed by atoms with Gasteiger partial charge in [-0.05, 0) is 44.2 Å². The lowest BCUT2D eigenvalue weighted by atomic mass is 10.1. The van der Waals surface area contributed by atoms with Crippen LogP contribution in [0.3, 0.4) is 0 Å². The van der Waals surface area contributed by atoms with Gasteiger partial charge in [0.2, 0.25) is 0 Å². The van der Waals surface area contributed by atoms with Gasteiger partial charge < -0.3 is 15.5 Å². The van der Waals surface area contributed by atoms with Crippen LogP contribution in [0.1, 0.15) is 31.8 Å². The number of aryl methyl sites for hydroxylation is 2. The maximum Gasteiger partial charge on any atom is 0.335 e. The molecule has 0 unspecified atom stereocenters. The number of hydrogen-bond donors (Lipinski definition) is 3. The number of phenols is 1. The highest BCUT2D eigenvalue weighted by molar-refractivity contribution is 6.05. The van der Waals surface area contributed by atoms with Gasteiger partial charge in [-0.2, -0.15) is 0 Å². The number of carboxylic acid groups (broad SMARTS) is 1. The highest BCUT2D eigenvalue weighted by Crippen LogP contribution is 2.25. The van der Waals surface area contributed by atoms with Gasteiger partial charge in [-0.1, -0.05) is 17.2 Å². The van der Waals surface area contributed by atoms with Crippen molar-refractivity contribution in [3.63, 3.8) is 0 Å². The van der Waals surface area contributed by atoms with Crippen LogP contribution in [-0.4, -0.2) is 22.1 Å². The van der Waals surface area contributed by atoms with E-state index in [4.69, 9.17) is 5.11 Å². The molecule has 5 heteroatoms. The first-order chi connectivity index (χ1) is 9.86. The number of phenolic OH excluding ortho intramolecular Hbond substituents is 1. The third-order valence-electron chi connectivity index (χ3n) is 2.98. The van der Waals surface area contributed by atoms with Crippen LogP contribution in [0.4, 0.5) is 5.69 Å². The largest absolute Gasteiger partial charge is 0.506 e. The standard InChI is InChI=1S/C16H15NO4/c1-9-5-10(2)7-12(6-9)15(19)17-13-4-3-11(16(20)21)8-14(13)18/h3-8,18H,1-2H3,(H,17,19)(H,20,21). The van der Waals surface area contributed by atoms with Gasteiger partial charge in [0.05, 0.1) is 11.3 Å². The van der Waals surface area contributed by atoms with Gasteiger partial charge in [0.25, 0.3) is 5.91 Å². The predicted molar refractivity (Wildman–Crippen MR) is 78.9 cm³/mol. The van der Waals surface area contributed by atoms with E-state index in [1.807, 2.05) is 19.9 Å².